The molecular formula is C22H23BrN4O2S. The first-order valence-corrected chi connectivity index (χ1v) is 11.7. The van der Waals surface area contributed by atoms with Crippen molar-refractivity contribution in [1.29, 1.82) is 0 Å². The summed E-state index contributed by atoms with van der Waals surface area (Å²) in [6.45, 7) is 3.32. The van der Waals surface area contributed by atoms with Gasteiger partial charge in [-0.2, -0.15) is 0 Å². The van der Waals surface area contributed by atoms with Gasteiger partial charge in [-0.15, -0.1) is 10.2 Å². The average molecular weight is 487 g/mol. The molecule has 1 aromatic heterocycles. The number of hydrogen-bond donors (Lipinski definition) is 1. The number of thioether (sulfide) groups is 1. The summed E-state index contributed by atoms with van der Waals surface area (Å²) in [7, 11) is 0. The Bertz CT molecular complexity index is 1000. The Morgan fingerprint density at radius 3 is 2.63 bits per heavy atom. The summed E-state index contributed by atoms with van der Waals surface area (Å²) >= 11 is 4.96. The van der Waals surface area contributed by atoms with Crippen LogP contribution in [0.5, 0.6) is 5.75 Å². The molecule has 2 heterocycles. The van der Waals surface area contributed by atoms with Gasteiger partial charge in [0.25, 0.3) is 0 Å². The first kappa shape index (κ1) is 20.9. The molecule has 1 unspecified atom stereocenters. The summed E-state index contributed by atoms with van der Waals surface area (Å²) < 4.78 is 8.60. The third kappa shape index (κ3) is 4.70. The molecule has 1 fully saturated rings. The molecule has 2 aromatic carbocycles. The summed E-state index contributed by atoms with van der Waals surface area (Å²) in [4.78, 5) is 12.5. The molecule has 1 aliphatic heterocycles. The van der Waals surface area contributed by atoms with Crippen molar-refractivity contribution < 1.29 is 9.53 Å². The molecule has 6 nitrogen and oxygen atoms in total. The minimum absolute atomic E-state index is 0.0731. The van der Waals surface area contributed by atoms with Gasteiger partial charge in [0, 0.05) is 22.3 Å². The van der Waals surface area contributed by atoms with E-state index in [4.69, 9.17) is 4.74 Å². The van der Waals surface area contributed by atoms with Gasteiger partial charge >= 0.3 is 0 Å². The molecule has 4 rings (SSSR count). The van der Waals surface area contributed by atoms with Crippen LogP contribution >= 0.6 is 27.7 Å². The lowest BCUT2D eigenvalue weighted by molar-refractivity contribution is -0.120. The van der Waals surface area contributed by atoms with Crippen LogP contribution in [0, 0.1) is 0 Å². The highest BCUT2D eigenvalue weighted by molar-refractivity contribution is 9.10. The van der Waals surface area contributed by atoms with Gasteiger partial charge in [0.15, 0.2) is 11.0 Å². The maximum atomic E-state index is 12.5. The van der Waals surface area contributed by atoms with Gasteiger partial charge in [-0.3, -0.25) is 9.36 Å². The van der Waals surface area contributed by atoms with Crippen molar-refractivity contribution in [1.82, 2.24) is 20.1 Å². The molecule has 3 aromatic rings. The maximum absolute atomic E-state index is 12.5. The molecule has 156 valence electrons. The number of halogens is 1. The van der Waals surface area contributed by atoms with Crippen LogP contribution in [-0.2, 0) is 4.79 Å². The summed E-state index contributed by atoms with van der Waals surface area (Å²) in [6.07, 6.45) is 2.87. The summed E-state index contributed by atoms with van der Waals surface area (Å²) in [5, 5.41) is 12.5. The van der Waals surface area contributed by atoms with Crippen LogP contribution in [-0.4, -0.2) is 39.1 Å². The zero-order valence-corrected chi connectivity index (χ0v) is 19.1. The Hall–Kier alpha value is -2.32. The third-order valence-corrected chi connectivity index (χ3v) is 6.61. The van der Waals surface area contributed by atoms with E-state index in [1.807, 2.05) is 60.0 Å². The first-order valence-electron chi connectivity index (χ1n) is 10.0. The second kappa shape index (κ2) is 9.66. The molecule has 1 amide bonds. The Morgan fingerprint density at radius 2 is 1.90 bits per heavy atom. The highest BCUT2D eigenvalue weighted by atomic mass is 79.9. The number of ether oxygens (including phenoxy) is 1. The Kier molecular flexibility index (Phi) is 6.74. The van der Waals surface area contributed by atoms with Crippen molar-refractivity contribution in [2.75, 3.05) is 13.2 Å². The molecule has 8 heteroatoms. The number of carbonyl (C=O) groups is 1. The molecule has 0 saturated carbocycles. The fourth-order valence-corrected chi connectivity index (χ4v) is 4.75. The molecule has 30 heavy (non-hydrogen) atoms. The number of hydrogen-bond acceptors (Lipinski definition) is 5. The predicted octanol–water partition coefficient (Wildman–Crippen LogP) is 4.86. The fourth-order valence-electron chi connectivity index (χ4n) is 3.37. The molecule has 1 aliphatic rings. The third-order valence-electron chi connectivity index (χ3n) is 4.87. The average Bonchev–Trinajstić information content (AvgIpc) is 3.06. The van der Waals surface area contributed by atoms with E-state index in [0.717, 1.165) is 53.1 Å². The normalized spacial score (nSPS) is 16.7. The molecule has 1 N–H and O–H groups in total. The smallest absolute Gasteiger partial charge is 0.233 e. The van der Waals surface area contributed by atoms with E-state index in [-0.39, 0.29) is 11.2 Å². The van der Waals surface area contributed by atoms with E-state index in [1.165, 1.54) is 11.8 Å². The van der Waals surface area contributed by atoms with Crippen LogP contribution in [0.3, 0.4) is 0 Å². The van der Waals surface area contributed by atoms with Crippen molar-refractivity contribution in [3.8, 4) is 22.8 Å². The summed E-state index contributed by atoms with van der Waals surface area (Å²) in [5.41, 5.74) is 1.88. The molecule has 0 radical (unpaired) electrons. The number of carbonyl (C=O) groups excluding carboxylic acids is 1. The summed E-state index contributed by atoms with van der Waals surface area (Å²) in [6, 6.07) is 15.9. The van der Waals surface area contributed by atoms with Crippen LogP contribution in [0.4, 0.5) is 0 Å². The number of amides is 1. The Balaban J connectivity index is 1.74. The fraction of sp³-hybridized carbons (Fsp3) is 0.318. The maximum Gasteiger partial charge on any atom is 0.233 e. The molecule has 1 saturated heterocycles. The molecule has 1 atom stereocenters. The summed E-state index contributed by atoms with van der Waals surface area (Å²) in [5.74, 6) is 1.63. The van der Waals surface area contributed by atoms with Gasteiger partial charge in [-0.1, -0.05) is 46.2 Å². The zero-order chi connectivity index (χ0) is 20.9. The number of benzene rings is 2. The number of nitrogens with zero attached hydrogens (tertiary/aromatic N) is 3. The van der Waals surface area contributed by atoms with Gasteiger partial charge < -0.3 is 10.1 Å². The Labute approximate surface area is 188 Å². The number of nitrogens with one attached hydrogen (secondary N) is 1. The van der Waals surface area contributed by atoms with E-state index in [1.54, 1.807) is 0 Å². The van der Waals surface area contributed by atoms with E-state index in [2.05, 4.69) is 31.4 Å². The standard InChI is InChI=1S/C22H23BrN4O2S/c1-2-29-18-12-10-17(11-13-18)27-20(15-6-8-16(23)9-7-15)25-26-22(27)30-19-5-3-4-14-24-21(19)28/h6-13,19H,2-5,14H2,1H3,(H,24,28). The van der Waals surface area contributed by atoms with Gasteiger partial charge in [0.1, 0.15) is 5.75 Å². The van der Waals surface area contributed by atoms with Gasteiger partial charge in [-0.25, -0.2) is 0 Å². The quantitative estimate of drug-likeness (QED) is 0.538. The molecule has 0 spiro atoms. The number of aromatic nitrogens is 3. The second-order valence-electron chi connectivity index (χ2n) is 6.97. The van der Waals surface area contributed by atoms with E-state index >= 15 is 0 Å². The largest absolute Gasteiger partial charge is 0.494 e. The molecule has 0 bridgehead atoms. The molecule has 0 aliphatic carbocycles. The van der Waals surface area contributed by atoms with Crippen LogP contribution < -0.4 is 10.1 Å². The highest BCUT2D eigenvalue weighted by Gasteiger charge is 2.26. The lowest BCUT2D eigenvalue weighted by atomic mass is 10.2. The van der Waals surface area contributed by atoms with Crippen molar-refractivity contribution in [2.45, 2.75) is 36.6 Å². The molecular weight excluding hydrogens is 464 g/mol. The lowest BCUT2D eigenvalue weighted by Crippen LogP contribution is -2.30. The van der Waals surface area contributed by atoms with Crippen molar-refractivity contribution in [3.63, 3.8) is 0 Å². The first-order chi connectivity index (χ1) is 14.7. The lowest BCUT2D eigenvalue weighted by Gasteiger charge is -2.15. The monoisotopic (exact) mass is 486 g/mol. The van der Waals surface area contributed by atoms with E-state index in [9.17, 15) is 4.79 Å². The van der Waals surface area contributed by atoms with Gasteiger partial charge in [0.2, 0.25) is 5.91 Å². The second-order valence-corrected chi connectivity index (χ2v) is 9.05. The van der Waals surface area contributed by atoms with E-state index < -0.39 is 0 Å². The Morgan fingerprint density at radius 1 is 1.13 bits per heavy atom. The van der Waals surface area contributed by atoms with Crippen LogP contribution in [0.15, 0.2) is 58.2 Å². The SMILES string of the molecule is CCOc1ccc(-n2c(SC3CCCCNC3=O)nnc2-c2ccc(Br)cc2)cc1. The highest BCUT2D eigenvalue weighted by Crippen LogP contribution is 2.33. The van der Waals surface area contributed by atoms with Crippen molar-refractivity contribution >= 4 is 33.6 Å². The number of rotatable bonds is 6. The topological polar surface area (TPSA) is 69.0 Å². The minimum Gasteiger partial charge on any atom is -0.494 e. The van der Waals surface area contributed by atoms with E-state index in [0.29, 0.717) is 11.8 Å². The minimum atomic E-state index is -0.170. The van der Waals surface area contributed by atoms with Crippen LogP contribution in [0.2, 0.25) is 0 Å². The van der Waals surface area contributed by atoms with Crippen molar-refractivity contribution in [2.24, 2.45) is 0 Å². The predicted molar refractivity (Wildman–Crippen MR) is 122 cm³/mol. The van der Waals surface area contributed by atoms with Gasteiger partial charge in [0.05, 0.1) is 11.9 Å². The van der Waals surface area contributed by atoms with Gasteiger partial charge in [-0.05, 0) is 56.2 Å². The van der Waals surface area contributed by atoms with Crippen LogP contribution in [0.1, 0.15) is 26.2 Å². The zero-order valence-electron chi connectivity index (χ0n) is 16.7. The van der Waals surface area contributed by atoms with Crippen molar-refractivity contribution in [3.05, 3.63) is 53.0 Å². The van der Waals surface area contributed by atoms with Crippen LogP contribution in [0.25, 0.3) is 17.1 Å².